The molecule has 1 fully saturated rings. The second-order valence-electron chi connectivity index (χ2n) is 4.47. The van der Waals surface area contributed by atoms with Gasteiger partial charge in [-0.1, -0.05) is 28.1 Å². The van der Waals surface area contributed by atoms with Gasteiger partial charge in [-0.2, -0.15) is 0 Å². The lowest BCUT2D eigenvalue weighted by Crippen LogP contribution is -2.36. The Kier molecular flexibility index (Phi) is 5.11. The van der Waals surface area contributed by atoms with Gasteiger partial charge in [-0.05, 0) is 47.6 Å². The van der Waals surface area contributed by atoms with Gasteiger partial charge in [-0.15, -0.1) is 0 Å². The van der Waals surface area contributed by atoms with Crippen LogP contribution in [0.25, 0.3) is 0 Å². The maximum absolute atomic E-state index is 5.98. The standard InChI is InChI=1S/C13H16BrIO2/c14-9-13(5-7-16-8-6-13)10-17-12-4-2-1-3-11(12)15/h1-4H,5-10H2. The van der Waals surface area contributed by atoms with Gasteiger partial charge in [0.25, 0.3) is 0 Å². The van der Waals surface area contributed by atoms with Crippen LogP contribution in [0.2, 0.25) is 0 Å². The van der Waals surface area contributed by atoms with Crippen LogP contribution in [0.5, 0.6) is 5.75 Å². The van der Waals surface area contributed by atoms with E-state index in [1.165, 1.54) is 3.57 Å². The van der Waals surface area contributed by atoms with E-state index in [1.54, 1.807) is 0 Å². The summed E-state index contributed by atoms with van der Waals surface area (Å²) < 4.78 is 12.6. The van der Waals surface area contributed by atoms with Gasteiger partial charge in [-0.3, -0.25) is 0 Å². The molecule has 1 saturated heterocycles. The van der Waals surface area contributed by atoms with Crippen molar-refractivity contribution in [2.45, 2.75) is 12.8 Å². The molecule has 1 heterocycles. The number of hydrogen-bond donors (Lipinski definition) is 0. The molecule has 1 aliphatic heterocycles. The molecule has 0 saturated carbocycles. The van der Waals surface area contributed by atoms with Crippen LogP contribution in [0.15, 0.2) is 24.3 Å². The highest BCUT2D eigenvalue weighted by Crippen LogP contribution is 2.34. The summed E-state index contributed by atoms with van der Waals surface area (Å²) in [6.45, 7) is 2.46. The number of halogens is 2. The Balaban J connectivity index is 1.98. The molecule has 2 rings (SSSR count). The Morgan fingerprint density at radius 1 is 1.29 bits per heavy atom. The summed E-state index contributed by atoms with van der Waals surface area (Å²) in [5, 5.41) is 0.979. The van der Waals surface area contributed by atoms with E-state index in [0.717, 1.165) is 43.7 Å². The number of para-hydroxylation sites is 1. The molecule has 0 aliphatic carbocycles. The first kappa shape index (κ1) is 13.6. The fraction of sp³-hybridized carbons (Fsp3) is 0.538. The molecule has 0 radical (unpaired) electrons. The van der Waals surface area contributed by atoms with Crippen LogP contribution < -0.4 is 4.74 Å². The van der Waals surface area contributed by atoms with Crippen molar-refractivity contribution < 1.29 is 9.47 Å². The monoisotopic (exact) mass is 410 g/mol. The smallest absolute Gasteiger partial charge is 0.132 e. The van der Waals surface area contributed by atoms with Gasteiger partial charge in [0, 0.05) is 24.0 Å². The predicted octanol–water partition coefficient (Wildman–Crippen LogP) is 3.86. The molecule has 0 unspecified atom stereocenters. The van der Waals surface area contributed by atoms with Gasteiger partial charge in [-0.25, -0.2) is 0 Å². The zero-order chi connectivity index (χ0) is 12.1. The summed E-state index contributed by atoms with van der Waals surface area (Å²) in [6, 6.07) is 8.15. The zero-order valence-electron chi connectivity index (χ0n) is 9.62. The Morgan fingerprint density at radius 2 is 2.00 bits per heavy atom. The lowest BCUT2D eigenvalue weighted by atomic mass is 9.83. The van der Waals surface area contributed by atoms with E-state index in [9.17, 15) is 0 Å². The first-order valence-electron chi connectivity index (χ1n) is 5.77. The molecule has 1 aromatic carbocycles. The van der Waals surface area contributed by atoms with E-state index in [-0.39, 0.29) is 5.41 Å². The topological polar surface area (TPSA) is 18.5 Å². The van der Waals surface area contributed by atoms with E-state index in [1.807, 2.05) is 18.2 Å². The van der Waals surface area contributed by atoms with E-state index in [2.05, 4.69) is 44.6 Å². The third kappa shape index (κ3) is 3.58. The lowest BCUT2D eigenvalue weighted by molar-refractivity contribution is 0.00339. The van der Waals surface area contributed by atoms with Crippen molar-refractivity contribution in [3.8, 4) is 5.75 Å². The minimum Gasteiger partial charge on any atom is -0.492 e. The molecule has 0 bridgehead atoms. The highest BCUT2D eigenvalue weighted by molar-refractivity contribution is 14.1. The summed E-state index contributed by atoms with van der Waals surface area (Å²) in [7, 11) is 0. The van der Waals surface area contributed by atoms with Crippen LogP contribution >= 0.6 is 38.5 Å². The second kappa shape index (κ2) is 6.38. The first-order valence-corrected chi connectivity index (χ1v) is 7.97. The van der Waals surface area contributed by atoms with Crippen LogP contribution in [-0.4, -0.2) is 25.2 Å². The van der Waals surface area contributed by atoms with E-state index in [4.69, 9.17) is 9.47 Å². The van der Waals surface area contributed by atoms with Gasteiger partial charge in [0.05, 0.1) is 10.2 Å². The molecule has 0 aromatic heterocycles. The molecule has 0 atom stereocenters. The van der Waals surface area contributed by atoms with E-state index in [0.29, 0.717) is 0 Å². The van der Waals surface area contributed by atoms with Crippen LogP contribution in [0, 0.1) is 8.99 Å². The largest absolute Gasteiger partial charge is 0.492 e. The number of ether oxygens (including phenoxy) is 2. The molecule has 0 amide bonds. The van der Waals surface area contributed by atoms with Crippen molar-refractivity contribution in [1.29, 1.82) is 0 Å². The number of benzene rings is 1. The molecular formula is C13H16BrIO2. The van der Waals surface area contributed by atoms with Gasteiger partial charge in [0.2, 0.25) is 0 Å². The maximum Gasteiger partial charge on any atom is 0.132 e. The minimum atomic E-state index is 0.233. The molecule has 1 aromatic rings. The van der Waals surface area contributed by atoms with Crippen molar-refractivity contribution in [1.82, 2.24) is 0 Å². The van der Waals surface area contributed by atoms with Gasteiger partial charge in [0.1, 0.15) is 5.75 Å². The molecule has 0 N–H and O–H groups in total. The first-order chi connectivity index (χ1) is 8.26. The molecular weight excluding hydrogens is 395 g/mol. The summed E-state index contributed by atoms with van der Waals surface area (Å²) >= 11 is 5.93. The van der Waals surface area contributed by atoms with Crippen molar-refractivity contribution in [2.24, 2.45) is 5.41 Å². The van der Waals surface area contributed by atoms with Crippen LogP contribution in [0.1, 0.15) is 12.8 Å². The van der Waals surface area contributed by atoms with Crippen LogP contribution in [0.3, 0.4) is 0 Å². The predicted molar refractivity (Wildman–Crippen MR) is 80.9 cm³/mol. The van der Waals surface area contributed by atoms with Crippen LogP contribution in [-0.2, 0) is 4.74 Å². The fourth-order valence-electron chi connectivity index (χ4n) is 1.91. The van der Waals surface area contributed by atoms with Crippen molar-refractivity contribution in [3.05, 3.63) is 27.8 Å². The van der Waals surface area contributed by atoms with Crippen LogP contribution in [0.4, 0.5) is 0 Å². The average molecular weight is 411 g/mol. The lowest BCUT2D eigenvalue weighted by Gasteiger charge is -2.35. The third-order valence-corrected chi connectivity index (χ3v) is 5.29. The molecule has 1 aliphatic rings. The minimum absolute atomic E-state index is 0.233. The second-order valence-corrected chi connectivity index (χ2v) is 6.19. The summed E-state index contributed by atoms with van der Waals surface area (Å²) in [6.07, 6.45) is 2.14. The number of alkyl halides is 1. The van der Waals surface area contributed by atoms with Crippen molar-refractivity contribution >= 4 is 38.5 Å². The SMILES string of the molecule is BrCC1(COc2ccccc2I)CCOCC1. The highest BCUT2D eigenvalue weighted by Gasteiger charge is 2.32. The van der Waals surface area contributed by atoms with Gasteiger partial charge in [0.15, 0.2) is 0 Å². The molecule has 4 heteroatoms. The summed E-state index contributed by atoms with van der Waals surface area (Å²) in [5.41, 5.74) is 0.233. The van der Waals surface area contributed by atoms with E-state index < -0.39 is 0 Å². The maximum atomic E-state index is 5.98. The Hall–Kier alpha value is 0.190. The number of hydrogen-bond acceptors (Lipinski definition) is 2. The number of rotatable bonds is 4. The Labute approximate surface area is 124 Å². The molecule has 94 valence electrons. The Morgan fingerprint density at radius 3 is 2.65 bits per heavy atom. The highest BCUT2D eigenvalue weighted by atomic mass is 127. The quantitative estimate of drug-likeness (QED) is 0.554. The van der Waals surface area contributed by atoms with Crippen molar-refractivity contribution in [2.75, 3.05) is 25.2 Å². The molecule has 2 nitrogen and oxygen atoms in total. The summed E-state index contributed by atoms with van der Waals surface area (Å²) in [5.74, 6) is 0.986. The average Bonchev–Trinajstić information content (AvgIpc) is 2.39. The normalized spacial score (nSPS) is 18.9. The molecule has 0 spiro atoms. The van der Waals surface area contributed by atoms with Gasteiger partial charge < -0.3 is 9.47 Å². The zero-order valence-corrected chi connectivity index (χ0v) is 13.4. The summed E-state index contributed by atoms with van der Waals surface area (Å²) in [4.78, 5) is 0. The fourth-order valence-corrected chi connectivity index (χ4v) is 3.18. The van der Waals surface area contributed by atoms with E-state index >= 15 is 0 Å². The van der Waals surface area contributed by atoms with Gasteiger partial charge >= 0.3 is 0 Å². The Bertz CT molecular complexity index is 364. The third-order valence-electron chi connectivity index (χ3n) is 3.21. The van der Waals surface area contributed by atoms with Crippen molar-refractivity contribution in [3.63, 3.8) is 0 Å². The molecule has 17 heavy (non-hydrogen) atoms.